The number of aromatic nitrogens is 3. The molecule has 2 aromatic heterocycles. The van der Waals surface area contributed by atoms with Crippen molar-refractivity contribution in [3.63, 3.8) is 0 Å². The van der Waals surface area contributed by atoms with Gasteiger partial charge in [0.25, 0.3) is 5.91 Å². The Kier molecular flexibility index (Phi) is 5.04. The van der Waals surface area contributed by atoms with Gasteiger partial charge in [0.1, 0.15) is 11.6 Å². The molecule has 10 heteroatoms. The molecule has 0 bridgehead atoms. The van der Waals surface area contributed by atoms with Gasteiger partial charge in [-0.3, -0.25) is 14.3 Å². The SMILES string of the molecule is CC(C)N1CC2COCc3c(-c4ccn(Cc5ccc(F)cc5F)n4)c(=O)c(O)c(n32)C1=O. The number of amides is 1. The summed E-state index contributed by atoms with van der Waals surface area (Å²) in [7, 11) is 0. The van der Waals surface area contributed by atoms with Crippen LogP contribution in [0.3, 0.4) is 0 Å². The predicted octanol–water partition coefficient (Wildman–Crippen LogP) is 2.68. The summed E-state index contributed by atoms with van der Waals surface area (Å²) in [5.74, 6) is -2.38. The number of hydrogen-bond donors (Lipinski definition) is 1. The predicted molar refractivity (Wildman–Crippen MR) is 114 cm³/mol. The van der Waals surface area contributed by atoms with Gasteiger partial charge >= 0.3 is 0 Å². The quantitative estimate of drug-likeness (QED) is 0.652. The molecule has 0 aliphatic carbocycles. The van der Waals surface area contributed by atoms with E-state index >= 15 is 0 Å². The van der Waals surface area contributed by atoms with Crippen molar-refractivity contribution in [1.29, 1.82) is 0 Å². The maximum atomic E-state index is 14.0. The summed E-state index contributed by atoms with van der Waals surface area (Å²) >= 11 is 0. The van der Waals surface area contributed by atoms with Crippen LogP contribution in [0.1, 0.15) is 41.6 Å². The Morgan fingerprint density at radius 1 is 1.24 bits per heavy atom. The van der Waals surface area contributed by atoms with Crippen LogP contribution in [0.15, 0.2) is 35.3 Å². The number of ether oxygens (including phenoxy) is 1. The molecule has 0 saturated heterocycles. The van der Waals surface area contributed by atoms with Crippen molar-refractivity contribution < 1.29 is 23.4 Å². The molecule has 2 aliphatic heterocycles. The number of pyridine rings is 1. The van der Waals surface area contributed by atoms with Gasteiger partial charge in [0.2, 0.25) is 5.43 Å². The number of carbonyl (C=O) groups excluding carboxylic acids is 1. The zero-order chi connectivity index (χ0) is 23.4. The number of benzene rings is 1. The summed E-state index contributed by atoms with van der Waals surface area (Å²) in [6.07, 6.45) is 1.57. The molecular weight excluding hydrogens is 434 g/mol. The van der Waals surface area contributed by atoms with Crippen molar-refractivity contribution in [2.75, 3.05) is 13.2 Å². The van der Waals surface area contributed by atoms with E-state index in [0.29, 0.717) is 18.8 Å². The van der Waals surface area contributed by atoms with E-state index < -0.39 is 28.7 Å². The fourth-order valence-electron chi connectivity index (χ4n) is 4.54. The van der Waals surface area contributed by atoms with E-state index in [-0.39, 0.29) is 47.8 Å². The minimum Gasteiger partial charge on any atom is -0.503 e. The average molecular weight is 456 g/mol. The topological polar surface area (TPSA) is 89.6 Å². The first kappa shape index (κ1) is 21.3. The molecule has 33 heavy (non-hydrogen) atoms. The van der Waals surface area contributed by atoms with Crippen LogP contribution in [-0.4, -0.2) is 49.5 Å². The molecule has 1 atom stereocenters. The molecule has 8 nitrogen and oxygen atoms in total. The van der Waals surface area contributed by atoms with E-state index in [4.69, 9.17) is 4.74 Å². The van der Waals surface area contributed by atoms with E-state index in [1.165, 1.54) is 10.7 Å². The fourth-order valence-corrected chi connectivity index (χ4v) is 4.54. The second-order valence-corrected chi connectivity index (χ2v) is 8.57. The maximum Gasteiger partial charge on any atom is 0.274 e. The Morgan fingerprint density at radius 3 is 2.76 bits per heavy atom. The average Bonchev–Trinajstić information content (AvgIpc) is 3.22. The lowest BCUT2D eigenvalue weighted by atomic mass is 10.0. The highest BCUT2D eigenvalue weighted by Crippen LogP contribution is 2.36. The first-order valence-corrected chi connectivity index (χ1v) is 10.6. The van der Waals surface area contributed by atoms with Crippen LogP contribution in [0.25, 0.3) is 11.3 Å². The zero-order valence-corrected chi connectivity index (χ0v) is 18.1. The van der Waals surface area contributed by atoms with Gasteiger partial charge in [-0.25, -0.2) is 8.78 Å². The summed E-state index contributed by atoms with van der Waals surface area (Å²) in [6.45, 7) is 4.60. The Hall–Kier alpha value is -3.53. The van der Waals surface area contributed by atoms with Gasteiger partial charge in [-0.1, -0.05) is 6.07 Å². The highest BCUT2D eigenvalue weighted by atomic mass is 19.1. The number of halogens is 2. The molecule has 4 heterocycles. The highest BCUT2D eigenvalue weighted by Gasteiger charge is 2.40. The van der Waals surface area contributed by atoms with Crippen LogP contribution in [0.4, 0.5) is 8.78 Å². The number of aromatic hydroxyl groups is 1. The van der Waals surface area contributed by atoms with E-state index in [1.807, 2.05) is 13.8 Å². The molecule has 1 N–H and O–H groups in total. The fraction of sp³-hybridized carbons (Fsp3) is 0.348. The molecule has 1 unspecified atom stereocenters. The van der Waals surface area contributed by atoms with Crippen LogP contribution < -0.4 is 5.43 Å². The van der Waals surface area contributed by atoms with Gasteiger partial charge in [-0.05, 0) is 26.0 Å². The monoisotopic (exact) mass is 456 g/mol. The third-order valence-electron chi connectivity index (χ3n) is 6.14. The molecule has 1 amide bonds. The third-order valence-corrected chi connectivity index (χ3v) is 6.14. The number of rotatable bonds is 4. The third kappa shape index (κ3) is 3.41. The van der Waals surface area contributed by atoms with Gasteiger partial charge in [0.15, 0.2) is 11.4 Å². The van der Waals surface area contributed by atoms with Crippen molar-refractivity contribution in [2.24, 2.45) is 0 Å². The zero-order valence-electron chi connectivity index (χ0n) is 18.1. The van der Waals surface area contributed by atoms with E-state index in [1.54, 1.807) is 21.7 Å². The Labute approximate surface area is 187 Å². The smallest absolute Gasteiger partial charge is 0.274 e. The molecular formula is C23H22F2N4O4. The van der Waals surface area contributed by atoms with E-state index in [9.17, 15) is 23.5 Å². The maximum absolute atomic E-state index is 14.0. The molecule has 0 fully saturated rings. The Balaban J connectivity index is 1.60. The lowest BCUT2D eigenvalue weighted by Gasteiger charge is -2.42. The van der Waals surface area contributed by atoms with E-state index in [0.717, 1.165) is 12.1 Å². The molecule has 5 rings (SSSR count). The normalized spacial score (nSPS) is 17.5. The van der Waals surface area contributed by atoms with Crippen molar-refractivity contribution in [2.45, 2.75) is 39.1 Å². The Bertz CT molecular complexity index is 1330. The molecule has 0 saturated carbocycles. The van der Waals surface area contributed by atoms with Crippen LogP contribution >= 0.6 is 0 Å². The van der Waals surface area contributed by atoms with Crippen LogP contribution in [-0.2, 0) is 17.9 Å². The van der Waals surface area contributed by atoms with Gasteiger partial charge in [0, 0.05) is 30.4 Å². The molecule has 2 aliphatic rings. The lowest BCUT2D eigenvalue weighted by molar-refractivity contribution is 0.0203. The first-order chi connectivity index (χ1) is 15.8. The van der Waals surface area contributed by atoms with Crippen LogP contribution in [0, 0.1) is 11.6 Å². The van der Waals surface area contributed by atoms with E-state index in [2.05, 4.69) is 5.10 Å². The van der Waals surface area contributed by atoms with Crippen molar-refractivity contribution in [1.82, 2.24) is 19.2 Å². The lowest BCUT2D eigenvalue weighted by Crippen LogP contribution is -2.50. The highest BCUT2D eigenvalue weighted by molar-refractivity contribution is 5.97. The summed E-state index contributed by atoms with van der Waals surface area (Å²) in [4.78, 5) is 27.9. The molecule has 3 aromatic rings. The molecule has 1 aromatic carbocycles. The van der Waals surface area contributed by atoms with Gasteiger partial charge in [-0.15, -0.1) is 0 Å². The second-order valence-electron chi connectivity index (χ2n) is 8.57. The largest absolute Gasteiger partial charge is 0.503 e. The van der Waals surface area contributed by atoms with Crippen LogP contribution in [0.2, 0.25) is 0 Å². The van der Waals surface area contributed by atoms with Crippen molar-refractivity contribution in [3.05, 3.63) is 69.3 Å². The summed E-state index contributed by atoms with van der Waals surface area (Å²) < 4.78 is 36.1. The van der Waals surface area contributed by atoms with Gasteiger partial charge in [-0.2, -0.15) is 5.10 Å². The number of nitrogens with zero attached hydrogens (tertiary/aromatic N) is 4. The Morgan fingerprint density at radius 2 is 2.03 bits per heavy atom. The first-order valence-electron chi connectivity index (χ1n) is 10.6. The van der Waals surface area contributed by atoms with Crippen molar-refractivity contribution >= 4 is 5.91 Å². The summed E-state index contributed by atoms with van der Waals surface area (Å²) in [5, 5.41) is 15.2. The second kappa shape index (κ2) is 7.80. The minimum atomic E-state index is -0.710. The van der Waals surface area contributed by atoms with Gasteiger partial charge in [0.05, 0.1) is 42.8 Å². The summed E-state index contributed by atoms with van der Waals surface area (Å²) in [6, 6.07) is 4.52. The van der Waals surface area contributed by atoms with Gasteiger partial charge < -0.3 is 19.3 Å². The molecule has 172 valence electrons. The molecule has 0 radical (unpaired) electrons. The summed E-state index contributed by atoms with van der Waals surface area (Å²) in [5.41, 5.74) is 0.382. The standard InChI is InChI=1S/C23H22F2N4O4/c1-12(2)28-9-15-10-33-11-18-19(21(30)22(31)20(23(28)32)29(15)18)17-5-6-27(26-17)8-13-3-4-14(24)7-16(13)25/h3-7,12,15,31H,8-11H2,1-2H3. The number of carbonyl (C=O) groups is 1. The minimum absolute atomic E-state index is 0.0279. The molecule has 0 spiro atoms. The van der Waals surface area contributed by atoms with Crippen LogP contribution in [0.5, 0.6) is 5.75 Å². The number of hydrogen-bond acceptors (Lipinski definition) is 5. The van der Waals surface area contributed by atoms with Crippen molar-refractivity contribution in [3.8, 4) is 17.0 Å².